The van der Waals surface area contributed by atoms with Gasteiger partial charge in [-0.05, 0) is 42.5 Å². The van der Waals surface area contributed by atoms with Crippen LogP contribution in [-0.4, -0.2) is 18.0 Å². The maximum Gasteiger partial charge on any atom is 0.416 e. The second-order valence-electron chi connectivity index (χ2n) is 6.18. The molecule has 3 rings (SSSR count). The Kier molecular flexibility index (Phi) is 6.30. The molecule has 0 spiro atoms. The molecule has 130 valence electrons. The Labute approximate surface area is 146 Å². The van der Waals surface area contributed by atoms with Crippen LogP contribution in [0.5, 0.6) is 0 Å². The molecule has 1 fully saturated rings. The number of nitrogens with zero attached hydrogens (tertiary/aromatic N) is 1. The SMILES string of the molecule is Cl.FC(F)(F)c1cccc(C2CCCN(Cc3ccccc3)C2)c1. The molecule has 2 aromatic carbocycles. The minimum Gasteiger partial charge on any atom is -0.298 e. The van der Waals surface area contributed by atoms with Crippen LogP contribution in [0.2, 0.25) is 0 Å². The summed E-state index contributed by atoms with van der Waals surface area (Å²) in [6.45, 7) is 2.68. The Hall–Kier alpha value is -1.52. The summed E-state index contributed by atoms with van der Waals surface area (Å²) in [4.78, 5) is 2.34. The molecule has 0 N–H and O–H groups in total. The van der Waals surface area contributed by atoms with Crippen molar-refractivity contribution in [1.29, 1.82) is 0 Å². The average Bonchev–Trinajstić information content (AvgIpc) is 2.55. The topological polar surface area (TPSA) is 3.24 Å². The van der Waals surface area contributed by atoms with E-state index in [0.717, 1.165) is 44.1 Å². The van der Waals surface area contributed by atoms with Gasteiger partial charge in [-0.15, -0.1) is 12.4 Å². The number of alkyl halides is 3. The molecule has 0 aromatic heterocycles. The molecule has 5 heteroatoms. The van der Waals surface area contributed by atoms with Crippen LogP contribution in [-0.2, 0) is 12.7 Å². The Morgan fingerprint density at radius 2 is 1.75 bits per heavy atom. The average molecular weight is 356 g/mol. The van der Waals surface area contributed by atoms with E-state index in [2.05, 4.69) is 17.0 Å². The van der Waals surface area contributed by atoms with Crippen LogP contribution in [0.15, 0.2) is 54.6 Å². The molecule has 24 heavy (non-hydrogen) atoms. The largest absolute Gasteiger partial charge is 0.416 e. The third-order valence-electron chi connectivity index (χ3n) is 4.44. The normalized spacial score (nSPS) is 18.9. The first-order chi connectivity index (χ1) is 11.0. The van der Waals surface area contributed by atoms with Gasteiger partial charge in [-0.2, -0.15) is 13.2 Å². The van der Waals surface area contributed by atoms with E-state index >= 15 is 0 Å². The molecule has 0 aliphatic carbocycles. The molecule has 1 unspecified atom stereocenters. The van der Waals surface area contributed by atoms with Gasteiger partial charge in [-0.1, -0.05) is 48.5 Å². The fourth-order valence-corrected chi connectivity index (χ4v) is 3.28. The molecule has 1 atom stereocenters. The number of hydrogen-bond acceptors (Lipinski definition) is 1. The quantitative estimate of drug-likeness (QED) is 0.702. The van der Waals surface area contributed by atoms with Crippen molar-refractivity contribution >= 4 is 12.4 Å². The van der Waals surface area contributed by atoms with E-state index in [4.69, 9.17) is 0 Å². The molecule has 1 heterocycles. The van der Waals surface area contributed by atoms with Crippen molar-refractivity contribution in [3.8, 4) is 0 Å². The molecular weight excluding hydrogens is 335 g/mol. The lowest BCUT2D eigenvalue weighted by Crippen LogP contribution is -2.33. The van der Waals surface area contributed by atoms with Crippen molar-refractivity contribution in [3.63, 3.8) is 0 Å². The monoisotopic (exact) mass is 355 g/mol. The summed E-state index contributed by atoms with van der Waals surface area (Å²) in [5, 5.41) is 0. The number of likely N-dealkylation sites (tertiary alicyclic amines) is 1. The van der Waals surface area contributed by atoms with Gasteiger partial charge in [0.25, 0.3) is 0 Å². The molecule has 1 saturated heterocycles. The summed E-state index contributed by atoms with van der Waals surface area (Å²) in [5.74, 6) is 0.176. The minimum atomic E-state index is -4.27. The van der Waals surface area contributed by atoms with Crippen LogP contribution in [0.4, 0.5) is 13.2 Å². The van der Waals surface area contributed by atoms with Gasteiger partial charge in [-0.25, -0.2) is 0 Å². The van der Waals surface area contributed by atoms with Gasteiger partial charge in [0.2, 0.25) is 0 Å². The molecular formula is C19H21ClF3N. The van der Waals surface area contributed by atoms with Crippen molar-refractivity contribution < 1.29 is 13.2 Å². The smallest absolute Gasteiger partial charge is 0.298 e. The summed E-state index contributed by atoms with van der Waals surface area (Å²) in [5.41, 5.74) is 1.50. The molecule has 0 saturated carbocycles. The number of rotatable bonds is 3. The van der Waals surface area contributed by atoms with Crippen LogP contribution < -0.4 is 0 Å². The van der Waals surface area contributed by atoms with E-state index in [1.807, 2.05) is 24.3 Å². The van der Waals surface area contributed by atoms with E-state index in [1.165, 1.54) is 17.7 Å². The number of piperidine rings is 1. The zero-order valence-corrected chi connectivity index (χ0v) is 14.1. The van der Waals surface area contributed by atoms with E-state index in [9.17, 15) is 13.2 Å². The highest BCUT2D eigenvalue weighted by molar-refractivity contribution is 5.85. The number of benzene rings is 2. The van der Waals surface area contributed by atoms with Crippen LogP contribution in [0.25, 0.3) is 0 Å². The maximum atomic E-state index is 12.9. The first kappa shape index (κ1) is 18.8. The zero-order valence-electron chi connectivity index (χ0n) is 13.3. The third-order valence-corrected chi connectivity index (χ3v) is 4.44. The van der Waals surface area contributed by atoms with Gasteiger partial charge in [0, 0.05) is 13.1 Å². The highest BCUT2D eigenvalue weighted by Crippen LogP contribution is 2.33. The fourth-order valence-electron chi connectivity index (χ4n) is 3.28. The van der Waals surface area contributed by atoms with Crippen LogP contribution in [0, 0.1) is 0 Å². The van der Waals surface area contributed by atoms with E-state index < -0.39 is 11.7 Å². The van der Waals surface area contributed by atoms with Gasteiger partial charge >= 0.3 is 6.18 Å². The summed E-state index contributed by atoms with van der Waals surface area (Å²) in [6.07, 6.45) is -2.30. The van der Waals surface area contributed by atoms with Crippen molar-refractivity contribution in [1.82, 2.24) is 4.90 Å². The summed E-state index contributed by atoms with van der Waals surface area (Å²) >= 11 is 0. The number of hydrogen-bond donors (Lipinski definition) is 0. The Balaban J connectivity index is 0.00000208. The highest BCUT2D eigenvalue weighted by atomic mass is 35.5. The van der Waals surface area contributed by atoms with Gasteiger partial charge in [0.1, 0.15) is 0 Å². The van der Waals surface area contributed by atoms with Gasteiger partial charge in [-0.3, -0.25) is 4.90 Å². The fraction of sp³-hybridized carbons (Fsp3) is 0.368. The maximum absolute atomic E-state index is 12.9. The van der Waals surface area contributed by atoms with Gasteiger partial charge < -0.3 is 0 Å². The lowest BCUT2D eigenvalue weighted by atomic mass is 9.89. The summed E-state index contributed by atoms with van der Waals surface area (Å²) < 4.78 is 38.7. The van der Waals surface area contributed by atoms with E-state index in [0.29, 0.717) is 0 Å². The van der Waals surface area contributed by atoms with Crippen LogP contribution >= 0.6 is 12.4 Å². The minimum absolute atomic E-state index is 0. The van der Waals surface area contributed by atoms with E-state index in [1.54, 1.807) is 0 Å². The van der Waals surface area contributed by atoms with Crippen molar-refractivity contribution in [3.05, 3.63) is 71.3 Å². The third kappa shape index (κ3) is 4.74. The molecule has 0 radical (unpaired) electrons. The van der Waals surface area contributed by atoms with E-state index in [-0.39, 0.29) is 18.3 Å². The summed E-state index contributed by atoms with van der Waals surface area (Å²) in [6, 6.07) is 16.0. The molecule has 0 amide bonds. The van der Waals surface area contributed by atoms with Crippen molar-refractivity contribution in [2.24, 2.45) is 0 Å². The predicted octanol–water partition coefficient (Wildman–Crippen LogP) is 5.51. The summed E-state index contributed by atoms with van der Waals surface area (Å²) in [7, 11) is 0. The Bertz CT molecular complexity index is 643. The van der Waals surface area contributed by atoms with Gasteiger partial charge in [0.15, 0.2) is 0 Å². The van der Waals surface area contributed by atoms with Crippen LogP contribution in [0.1, 0.15) is 35.4 Å². The second kappa shape index (κ2) is 8.04. The van der Waals surface area contributed by atoms with Crippen molar-refractivity contribution in [2.75, 3.05) is 13.1 Å². The number of halogens is 4. The first-order valence-electron chi connectivity index (χ1n) is 7.96. The molecule has 1 nitrogen and oxygen atoms in total. The molecule has 2 aromatic rings. The van der Waals surface area contributed by atoms with Crippen molar-refractivity contribution in [2.45, 2.75) is 31.5 Å². The van der Waals surface area contributed by atoms with Crippen LogP contribution in [0.3, 0.4) is 0 Å². The predicted molar refractivity (Wildman–Crippen MR) is 92.4 cm³/mol. The molecule has 1 aliphatic heterocycles. The lowest BCUT2D eigenvalue weighted by Gasteiger charge is -2.33. The highest BCUT2D eigenvalue weighted by Gasteiger charge is 2.31. The zero-order chi connectivity index (χ0) is 16.3. The first-order valence-corrected chi connectivity index (χ1v) is 7.96. The Morgan fingerprint density at radius 1 is 1.00 bits per heavy atom. The van der Waals surface area contributed by atoms with Gasteiger partial charge in [0.05, 0.1) is 5.56 Å². The Morgan fingerprint density at radius 3 is 2.46 bits per heavy atom. The molecule has 1 aliphatic rings. The molecule has 0 bridgehead atoms. The standard InChI is InChI=1S/C19H20F3N.ClH/c20-19(21,22)18-10-4-8-16(12-18)17-9-5-11-23(14-17)13-15-6-2-1-3-7-15;/h1-4,6-8,10,12,17H,5,9,11,13-14H2;1H. The second-order valence-corrected chi connectivity index (χ2v) is 6.18. The lowest BCUT2D eigenvalue weighted by molar-refractivity contribution is -0.137.